The third-order valence-corrected chi connectivity index (χ3v) is 6.58. The fourth-order valence-electron chi connectivity index (χ4n) is 4.71. The Kier molecular flexibility index (Phi) is 7.14. The van der Waals surface area contributed by atoms with Gasteiger partial charge in [0.15, 0.2) is 5.65 Å². The molecule has 0 spiro atoms. The quantitative estimate of drug-likeness (QED) is 0.316. The van der Waals surface area contributed by atoms with Crippen LogP contribution in [0.2, 0.25) is 0 Å². The fourth-order valence-corrected chi connectivity index (χ4v) is 4.71. The highest BCUT2D eigenvalue weighted by molar-refractivity contribution is 5.65. The molecule has 0 amide bonds. The van der Waals surface area contributed by atoms with Crippen LogP contribution in [0.3, 0.4) is 0 Å². The minimum Gasteiger partial charge on any atom is -0.497 e. The molecule has 1 atom stereocenters. The van der Waals surface area contributed by atoms with Crippen LogP contribution in [-0.2, 0) is 0 Å². The van der Waals surface area contributed by atoms with E-state index in [9.17, 15) is 0 Å². The van der Waals surface area contributed by atoms with Gasteiger partial charge < -0.3 is 14.8 Å². The number of fused-ring (bicyclic) bond motifs is 1. The van der Waals surface area contributed by atoms with E-state index in [1.54, 1.807) is 7.11 Å². The van der Waals surface area contributed by atoms with Gasteiger partial charge in [0.05, 0.1) is 12.8 Å². The highest BCUT2D eigenvalue weighted by Gasteiger charge is 2.21. The van der Waals surface area contributed by atoms with Crippen LogP contribution in [0.1, 0.15) is 32.6 Å². The molecule has 7 heteroatoms. The molecule has 35 heavy (non-hydrogen) atoms. The number of rotatable bonds is 10. The molecule has 182 valence electrons. The lowest BCUT2D eigenvalue weighted by Crippen LogP contribution is -2.37. The Balaban J connectivity index is 1.26. The Morgan fingerprint density at radius 1 is 0.943 bits per heavy atom. The first-order chi connectivity index (χ1) is 17.2. The Morgan fingerprint density at radius 3 is 2.40 bits per heavy atom. The van der Waals surface area contributed by atoms with Crippen molar-refractivity contribution >= 4 is 17.3 Å². The van der Waals surface area contributed by atoms with E-state index in [1.165, 1.54) is 38.8 Å². The first-order valence-corrected chi connectivity index (χ1v) is 12.5. The lowest BCUT2D eigenvalue weighted by molar-refractivity contribution is 0.151. The summed E-state index contributed by atoms with van der Waals surface area (Å²) in [5.74, 6) is 2.27. The zero-order valence-corrected chi connectivity index (χ0v) is 20.5. The van der Waals surface area contributed by atoms with Gasteiger partial charge in [-0.3, -0.25) is 4.90 Å². The van der Waals surface area contributed by atoms with Crippen LogP contribution in [0.25, 0.3) is 16.9 Å². The highest BCUT2D eigenvalue weighted by atomic mass is 16.5. The number of aromatic nitrogens is 3. The number of nitrogens with one attached hydrogen (secondary N) is 1. The summed E-state index contributed by atoms with van der Waals surface area (Å²) >= 11 is 0. The summed E-state index contributed by atoms with van der Waals surface area (Å²) in [4.78, 5) is 7.23. The van der Waals surface area contributed by atoms with Crippen LogP contribution in [0.5, 0.6) is 11.5 Å². The molecule has 3 heterocycles. The maximum Gasteiger partial charge on any atom is 0.247 e. The second kappa shape index (κ2) is 10.8. The third kappa shape index (κ3) is 5.41. The van der Waals surface area contributed by atoms with Gasteiger partial charge in [-0.15, -0.1) is 5.10 Å². The van der Waals surface area contributed by atoms with Crippen molar-refractivity contribution in [3.63, 3.8) is 0 Å². The third-order valence-electron chi connectivity index (χ3n) is 6.58. The molecule has 0 bridgehead atoms. The predicted molar refractivity (Wildman–Crippen MR) is 140 cm³/mol. The van der Waals surface area contributed by atoms with Crippen LogP contribution in [0.15, 0.2) is 66.7 Å². The molecule has 0 aliphatic carbocycles. The van der Waals surface area contributed by atoms with E-state index in [4.69, 9.17) is 14.6 Å². The van der Waals surface area contributed by atoms with Gasteiger partial charge in [0.1, 0.15) is 18.1 Å². The van der Waals surface area contributed by atoms with Crippen LogP contribution in [-0.4, -0.2) is 52.3 Å². The number of hydrogen-bond acceptors (Lipinski definition) is 6. The van der Waals surface area contributed by atoms with Crippen molar-refractivity contribution < 1.29 is 9.47 Å². The summed E-state index contributed by atoms with van der Waals surface area (Å²) in [5.41, 5.74) is 3.72. The average molecular weight is 472 g/mol. The maximum atomic E-state index is 6.15. The maximum absolute atomic E-state index is 6.15. The molecule has 2 aromatic heterocycles. The monoisotopic (exact) mass is 471 g/mol. The van der Waals surface area contributed by atoms with Gasteiger partial charge in [0, 0.05) is 17.3 Å². The number of anilines is 2. The highest BCUT2D eigenvalue weighted by Crippen LogP contribution is 2.25. The second-order valence-corrected chi connectivity index (χ2v) is 8.99. The van der Waals surface area contributed by atoms with Crippen molar-refractivity contribution in [1.82, 2.24) is 19.5 Å². The molecule has 2 aromatic carbocycles. The topological polar surface area (TPSA) is 63.9 Å². The molecule has 1 N–H and O–H groups in total. The zero-order chi connectivity index (χ0) is 24.0. The van der Waals surface area contributed by atoms with Gasteiger partial charge in [-0.05, 0) is 93.0 Å². The van der Waals surface area contributed by atoms with Crippen molar-refractivity contribution in [2.45, 2.75) is 38.6 Å². The Morgan fingerprint density at radius 2 is 1.69 bits per heavy atom. The van der Waals surface area contributed by atoms with Crippen molar-refractivity contribution in [3.05, 3.63) is 66.7 Å². The second-order valence-electron chi connectivity index (χ2n) is 8.99. The molecule has 1 fully saturated rings. The number of nitrogens with zero attached hydrogens (tertiary/aromatic N) is 4. The van der Waals surface area contributed by atoms with Crippen molar-refractivity contribution in [2.24, 2.45) is 0 Å². The van der Waals surface area contributed by atoms with Crippen molar-refractivity contribution in [2.75, 3.05) is 32.1 Å². The minimum atomic E-state index is 0.502. The van der Waals surface area contributed by atoms with E-state index in [0.717, 1.165) is 40.7 Å². The van der Waals surface area contributed by atoms with E-state index in [2.05, 4.69) is 22.1 Å². The predicted octanol–water partition coefficient (Wildman–Crippen LogP) is 5.79. The van der Waals surface area contributed by atoms with Crippen molar-refractivity contribution in [1.29, 1.82) is 0 Å². The Bertz CT molecular complexity index is 1230. The zero-order valence-electron chi connectivity index (χ0n) is 20.5. The normalized spacial score (nSPS) is 14.8. The number of likely N-dealkylation sites (tertiary alicyclic amines) is 1. The van der Waals surface area contributed by atoms with Gasteiger partial charge in [-0.25, -0.2) is 4.52 Å². The molecule has 1 saturated heterocycles. The first-order valence-electron chi connectivity index (χ1n) is 12.5. The number of methoxy groups -OCH3 is 1. The summed E-state index contributed by atoms with van der Waals surface area (Å²) in [5, 5.41) is 8.02. The lowest BCUT2D eigenvalue weighted by Gasteiger charge is -2.27. The largest absolute Gasteiger partial charge is 0.497 e. The summed E-state index contributed by atoms with van der Waals surface area (Å²) in [6.07, 6.45) is 4.97. The minimum absolute atomic E-state index is 0.502. The Labute approximate surface area is 206 Å². The standard InChI is InChI=1S/C28H33N5O2/c1-3-7-23(32-18-4-5-19-32)20-35-25-16-12-22(13-17-25)29-28-30-27-9-6-8-26(33(27)31-28)21-10-14-24(34-2)15-11-21/h6,8-17,23H,3-5,7,18-20H2,1-2H3,(H,29,31)/t23-/m0/s1. The van der Waals surface area contributed by atoms with Crippen molar-refractivity contribution in [3.8, 4) is 22.8 Å². The molecule has 5 rings (SSSR count). The molecular weight excluding hydrogens is 438 g/mol. The van der Waals surface area contributed by atoms with E-state index in [-0.39, 0.29) is 0 Å². The van der Waals surface area contributed by atoms with E-state index in [1.807, 2.05) is 71.2 Å². The Hall–Kier alpha value is -3.58. The molecule has 0 radical (unpaired) electrons. The van der Waals surface area contributed by atoms with Gasteiger partial charge in [0.2, 0.25) is 5.95 Å². The molecular formula is C28H33N5O2. The van der Waals surface area contributed by atoms with Crippen LogP contribution in [0, 0.1) is 0 Å². The summed E-state index contributed by atoms with van der Waals surface area (Å²) in [6, 6.07) is 22.5. The number of ether oxygens (including phenoxy) is 2. The molecule has 0 saturated carbocycles. The van der Waals surface area contributed by atoms with E-state index in [0.29, 0.717) is 12.0 Å². The number of hydrogen-bond donors (Lipinski definition) is 1. The SMILES string of the molecule is CCC[C@@H](COc1ccc(Nc2nc3cccc(-c4ccc(OC)cc4)n3n2)cc1)N1CCCC1. The fraction of sp³-hybridized carbons (Fsp3) is 0.357. The summed E-state index contributed by atoms with van der Waals surface area (Å²) in [6.45, 7) is 5.38. The van der Waals surface area contributed by atoms with Gasteiger partial charge in [-0.2, -0.15) is 4.98 Å². The van der Waals surface area contributed by atoms with E-state index >= 15 is 0 Å². The summed E-state index contributed by atoms with van der Waals surface area (Å²) in [7, 11) is 1.67. The van der Waals surface area contributed by atoms with Crippen LogP contribution in [0.4, 0.5) is 11.6 Å². The lowest BCUT2D eigenvalue weighted by atomic mass is 10.1. The number of benzene rings is 2. The molecule has 7 nitrogen and oxygen atoms in total. The van der Waals surface area contributed by atoms with E-state index < -0.39 is 0 Å². The van der Waals surface area contributed by atoms with Gasteiger partial charge >= 0.3 is 0 Å². The van der Waals surface area contributed by atoms with Gasteiger partial charge in [0.25, 0.3) is 0 Å². The van der Waals surface area contributed by atoms with Gasteiger partial charge in [-0.1, -0.05) is 19.4 Å². The first kappa shape index (κ1) is 23.2. The summed E-state index contributed by atoms with van der Waals surface area (Å²) < 4.78 is 13.3. The average Bonchev–Trinajstić information content (AvgIpc) is 3.57. The molecule has 1 aliphatic heterocycles. The van der Waals surface area contributed by atoms with Crippen LogP contribution < -0.4 is 14.8 Å². The smallest absolute Gasteiger partial charge is 0.247 e. The molecule has 0 unspecified atom stereocenters. The molecule has 4 aromatic rings. The van der Waals surface area contributed by atoms with Crippen LogP contribution >= 0.6 is 0 Å². The molecule has 1 aliphatic rings. The number of pyridine rings is 1.